The number of carbonyl (C=O) groups is 1. The van der Waals surface area contributed by atoms with Gasteiger partial charge < -0.3 is 4.74 Å². The van der Waals surface area contributed by atoms with Crippen molar-refractivity contribution in [3.63, 3.8) is 0 Å². The van der Waals surface area contributed by atoms with E-state index in [0.29, 0.717) is 4.96 Å². The van der Waals surface area contributed by atoms with Gasteiger partial charge in [-0.1, -0.05) is 6.07 Å². The number of fused-ring (bicyclic) bond motifs is 1. The molecule has 0 unspecified atom stereocenters. The fraction of sp³-hybridized carbons (Fsp3) is 0.0952. The first-order chi connectivity index (χ1) is 15.2. The summed E-state index contributed by atoms with van der Waals surface area (Å²) in [6, 6.07) is 11.4. The van der Waals surface area contributed by atoms with Crippen molar-refractivity contribution in [3.8, 4) is 0 Å². The van der Waals surface area contributed by atoms with Crippen LogP contribution in [-0.4, -0.2) is 23.8 Å². The van der Waals surface area contributed by atoms with E-state index in [2.05, 4.69) is 9.71 Å². The van der Waals surface area contributed by atoms with Crippen LogP contribution in [0.25, 0.3) is 4.96 Å². The van der Waals surface area contributed by atoms with Crippen molar-refractivity contribution < 1.29 is 22.3 Å². The molecule has 2 aromatic heterocycles. The van der Waals surface area contributed by atoms with Gasteiger partial charge in [0.25, 0.3) is 15.6 Å². The van der Waals surface area contributed by atoms with Gasteiger partial charge in [0.2, 0.25) is 0 Å². The maximum Gasteiger partial charge on any atom is 0.338 e. The van der Waals surface area contributed by atoms with Crippen molar-refractivity contribution in [2.24, 2.45) is 0 Å². The summed E-state index contributed by atoms with van der Waals surface area (Å²) in [5.74, 6) is -1.27. The van der Waals surface area contributed by atoms with E-state index in [9.17, 15) is 22.4 Å². The Morgan fingerprint density at radius 3 is 2.69 bits per heavy atom. The fourth-order valence-electron chi connectivity index (χ4n) is 2.92. The third kappa shape index (κ3) is 4.53. The highest BCUT2D eigenvalue weighted by atomic mass is 32.2. The lowest BCUT2D eigenvalue weighted by Gasteiger charge is -2.10. The number of thiazole rings is 1. The molecule has 0 bridgehead atoms. The van der Waals surface area contributed by atoms with Crippen LogP contribution in [-0.2, 0) is 21.4 Å². The second kappa shape index (κ2) is 8.52. The Morgan fingerprint density at radius 1 is 1.19 bits per heavy atom. The Labute approximate surface area is 186 Å². The summed E-state index contributed by atoms with van der Waals surface area (Å²) in [6.45, 7) is 1.55. The summed E-state index contributed by atoms with van der Waals surface area (Å²) in [6.07, 6.45) is 0. The number of halogens is 1. The zero-order valence-corrected chi connectivity index (χ0v) is 18.2. The van der Waals surface area contributed by atoms with Crippen LogP contribution in [0.4, 0.5) is 10.1 Å². The molecule has 0 saturated heterocycles. The zero-order chi connectivity index (χ0) is 22.9. The quantitative estimate of drug-likeness (QED) is 0.431. The van der Waals surface area contributed by atoms with Crippen molar-refractivity contribution in [3.05, 3.63) is 93.1 Å². The van der Waals surface area contributed by atoms with Gasteiger partial charge in [0.05, 0.1) is 16.2 Å². The van der Waals surface area contributed by atoms with Gasteiger partial charge in [0.15, 0.2) is 4.96 Å². The second-order valence-electron chi connectivity index (χ2n) is 6.80. The van der Waals surface area contributed by atoms with Crippen LogP contribution in [0, 0.1) is 12.7 Å². The Bertz CT molecular complexity index is 1480. The van der Waals surface area contributed by atoms with E-state index in [-0.39, 0.29) is 34.0 Å². The van der Waals surface area contributed by atoms with Gasteiger partial charge in [0.1, 0.15) is 12.4 Å². The standard InChI is InChI=1S/C21H16FN3O5S2/c1-13-12-31-21-23-17(10-19(26)25(13)21)11-30-20(27)14-3-2-4-18(9-14)32(28,29)24-16-7-5-15(22)6-8-16/h2-10,12,24H,11H2,1H3. The summed E-state index contributed by atoms with van der Waals surface area (Å²) >= 11 is 1.30. The molecule has 0 aliphatic heterocycles. The van der Waals surface area contributed by atoms with Crippen molar-refractivity contribution in [1.82, 2.24) is 9.38 Å². The summed E-state index contributed by atoms with van der Waals surface area (Å²) < 4.78 is 47.2. The minimum Gasteiger partial charge on any atom is -0.456 e. The van der Waals surface area contributed by atoms with Crippen LogP contribution in [0.15, 0.2) is 69.7 Å². The molecule has 0 radical (unpaired) electrons. The number of anilines is 1. The van der Waals surface area contributed by atoms with Gasteiger partial charge >= 0.3 is 5.97 Å². The van der Waals surface area contributed by atoms with Crippen LogP contribution in [0.1, 0.15) is 21.7 Å². The molecule has 0 aliphatic carbocycles. The number of nitrogens with one attached hydrogen (secondary N) is 1. The van der Waals surface area contributed by atoms with E-state index in [1.54, 1.807) is 12.3 Å². The molecule has 2 aromatic carbocycles. The smallest absolute Gasteiger partial charge is 0.338 e. The summed E-state index contributed by atoms with van der Waals surface area (Å²) in [5, 5.41) is 1.80. The van der Waals surface area contributed by atoms with Crippen LogP contribution in [0.2, 0.25) is 0 Å². The number of aryl methyl sites for hydroxylation is 1. The number of ether oxygens (including phenoxy) is 1. The molecular weight excluding hydrogens is 457 g/mol. The first kappa shape index (κ1) is 21.7. The van der Waals surface area contributed by atoms with Gasteiger partial charge in [-0.25, -0.2) is 22.6 Å². The van der Waals surface area contributed by atoms with Crippen molar-refractivity contribution >= 4 is 38.0 Å². The molecule has 4 rings (SSSR count). The van der Waals surface area contributed by atoms with Crippen molar-refractivity contribution in [1.29, 1.82) is 0 Å². The van der Waals surface area contributed by atoms with E-state index in [1.165, 1.54) is 58.2 Å². The Kier molecular flexibility index (Phi) is 5.76. The van der Waals surface area contributed by atoms with Crippen LogP contribution in [0.3, 0.4) is 0 Å². The van der Waals surface area contributed by atoms with Gasteiger partial charge in [-0.05, 0) is 49.4 Å². The molecule has 0 fully saturated rings. The number of sulfonamides is 1. The maximum absolute atomic E-state index is 13.0. The van der Waals surface area contributed by atoms with E-state index in [1.807, 2.05) is 0 Å². The lowest BCUT2D eigenvalue weighted by molar-refractivity contribution is 0.0467. The lowest BCUT2D eigenvalue weighted by Crippen LogP contribution is -2.16. The van der Waals surface area contributed by atoms with Crippen LogP contribution >= 0.6 is 11.3 Å². The molecule has 8 nitrogen and oxygen atoms in total. The number of nitrogens with zero attached hydrogens (tertiary/aromatic N) is 2. The van der Waals surface area contributed by atoms with E-state index in [4.69, 9.17) is 4.74 Å². The Morgan fingerprint density at radius 2 is 1.94 bits per heavy atom. The number of rotatable bonds is 6. The predicted molar refractivity (Wildman–Crippen MR) is 117 cm³/mol. The summed E-state index contributed by atoms with van der Waals surface area (Å²) in [7, 11) is -4.01. The number of hydrogen-bond donors (Lipinski definition) is 1. The van der Waals surface area contributed by atoms with Crippen LogP contribution in [0.5, 0.6) is 0 Å². The molecule has 2 heterocycles. The molecule has 0 amide bonds. The Hall–Kier alpha value is -3.57. The zero-order valence-electron chi connectivity index (χ0n) is 16.6. The molecule has 0 saturated carbocycles. The molecular formula is C21H16FN3O5S2. The van der Waals surface area contributed by atoms with Crippen molar-refractivity contribution in [2.75, 3.05) is 4.72 Å². The fourth-order valence-corrected chi connectivity index (χ4v) is 4.91. The first-order valence-corrected chi connectivity index (χ1v) is 11.6. The van der Waals surface area contributed by atoms with Gasteiger partial charge in [-0.2, -0.15) is 0 Å². The molecule has 32 heavy (non-hydrogen) atoms. The summed E-state index contributed by atoms with van der Waals surface area (Å²) in [4.78, 5) is 29.3. The Balaban J connectivity index is 1.49. The molecule has 4 aromatic rings. The lowest BCUT2D eigenvalue weighted by atomic mass is 10.2. The predicted octanol–water partition coefficient (Wildman–Crippen LogP) is 3.36. The van der Waals surface area contributed by atoms with Gasteiger partial charge in [-0.15, -0.1) is 11.3 Å². The normalized spacial score (nSPS) is 11.4. The third-order valence-corrected chi connectivity index (χ3v) is 6.78. The number of carbonyl (C=O) groups excluding carboxylic acids is 1. The summed E-state index contributed by atoms with van der Waals surface area (Å²) in [5.41, 5.74) is 0.956. The molecule has 0 spiro atoms. The molecule has 11 heteroatoms. The largest absolute Gasteiger partial charge is 0.456 e. The number of aromatic nitrogens is 2. The number of hydrogen-bond acceptors (Lipinski definition) is 7. The molecule has 1 N–H and O–H groups in total. The van der Waals surface area contributed by atoms with Gasteiger partial charge in [-0.3, -0.25) is 13.9 Å². The SMILES string of the molecule is Cc1csc2nc(COC(=O)c3cccc(S(=O)(=O)Nc4ccc(F)cc4)c3)cc(=O)n12. The maximum atomic E-state index is 13.0. The molecule has 0 atom stereocenters. The van der Waals surface area contributed by atoms with E-state index < -0.39 is 21.8 Å². The molecule has 164 valence electrons. The highest BCUT2D eigenvalue weighted by Crippen LogP contribution is 2.18. The minimum absolute atomic E-state index is 0.0109. The van der Waals surface area contributed by atoms with Crippen molar-refractivity contribution in [2.45, 2.75) is 18.4 Å². The first-order valence-electron chi connectivity index (χ1n) is 9.25. The number of benzene rings is 2. The monoisotopic (exact) mass is 473 g/mol. The highest BCUT2D eigenvalue weighted by molar-refractivity contribution is 7.92. The molecule has 0 aliphatic rings. The number of esters is 1. The average Bonchev–Trinajstić information content (AvgIpc) is 3.15. The van der Waals surface area contributed by atoms with E-state index >= 15 is 0 Å². The van der Waals surface area contributed by atoms with E-state index in [0.717, 1.165) is 17.8 Å². The van der Waals surface area contributed by atoms with Crippen LogP contribution < -0.4 is 10.3 Å². The second-order valence-corrected chi connectivity index (χ2v) is 9.32. The topological polar surface area (TPSA) is 107 Å². The van der Waals surface area contributed by atoms with Gasteiger partial charge in [0, 0.05) is 22.8 Å². The third-order valence-electron chi connectivity index (χ3n) is 4.46. The minimum atomic E-state index is -4.01. The highest BCUT2D eigenvalue weighted by Gasteiger charge is 2.18. The average molecular weight is 474 g/mol.